The van der Waals surface area contributed by atoms with Crippen LogP contribution in [0.4, 0.5) is 0 Å². The number of hydrazine groups is 1. The molecule has 3 rings (SSSR count). The first-order valence-corrected chi connectivity index (χ1v) is 10.1. The number of thioether (sulfide) groups is 1. The summed E-state index contributed by atoms with van der Waals surface area (Å²) in [6.07, 6.45) is 2.03. The van der Waals surface area contributed by atoms with Crippen LogP contribution in [0.3, 0.4) is 0 Å². The molecule has 2 aromatic rings. The Bertz CT molecular complexity index is 1050. The van der Waals surface area contributed by atoms with Gasteiger partial charge in [-0.05, 0) is 24.0 Å². The number of benzene rings is 2. The lowest BCUT2D eigenvalue weighted by Crippen LogP contribution is -2.45. The van der Waals surface area contributed by atoms with Crippen LogP contribution in [0.25, 0.3) is 0 Å². The smallest absolute Gasteiger partial charge is 0.351 e. The number of methoxy groups -OCH3 is 1. The molecule has 0 fully saturated rings. The molecule has 0 saturated heterocycles. The van der Waals surface area contributed by atoms with Gasteiger partial charge in [0.15, 0.2) is 17.0 Å². The van der Waals surface area contributed by atoms with Gasteiger partial charge in [0.05, 0.1) is 23.7 Å². The first-order valence-electron chi connectivity index (χ1n) is 8.80. The summed E-state index contributed by atoms with van der Waals surface area (Å²) in [5.41, 5.74) is 0.471. The van der Waals surface area contributed by atoms with Gasteiger partial charge in [-0.3, -0.25) is 10.1 Å². The van der Waals surface area contributed by atoms with E-state index in [1.165, 1.54) is 24.9 Å². The Kier molecular flexibility index (Phi) is 6.56. The number of allylic oxidation sites excluding steroid dienone is 1. The normalized spacial score (nSPS) is 16.0. The maximum atomic E-state index is 12.0. The summed E-state index contributed by atoms with van der Waals surface area (Å²) in [6.45, 7) is 0. The molecule has 9 nitrogen and oxygen atoms in total. The molecule has 30 heavy (non-hydrogen) atoms. The highest BCUT2D eigenvalue weighted by atomic mass is 32.2. The minimum atomic E-state index is -0.618. The average molecular weight is 425 g/mol. The largest absolute Gasteiger partial charge is 0.493 e. The summed E-state index contributed by atoms with van der Waals surface area (Å²) in [7, 11) is 1.44. The third-order valence-corrected chi connectivity index (χ3v) is 5.08. The highest BCUT2D eigenvalue weighted by molar-refractivity contribution is 7.99. The van der Waals surface area contributed by atoms with Gasteiger partial charge in [0.1, 0.15) is 5.71 Å². The van der Waals surface area contributed by atoms with E-state index in [0.29, 0.717) is 11.3 Å². The lowest BCUT2D eigenvalue weighted by Gasteiger charge is -2.30. The van der Waals surface area contributed by atoms with Crippen molar-refractivity contribution in [2.75, 3.05) is 13.4 Å². The summed E-state index contributed by atoms with van der Waals surface area (Å²) in [5, 5.41) is 22.3. The van der Waals surface area contributed by atoms with Crippen molar-refractivity contribution in [2.45, 2.75) is 11.9 Å². The summed E-state index contributed by atoms with van der Waals surface area (Å²) in [6, 6.07) is 15.9. The Morgan fingerprint density at radius 3 is 2.63 bits per heavy atom. The van der Waals surface area contributed by atoms with Gasteiger partial charge in [0.2, 0.25) is 0 Å². The standard InChI is InChI=1S/C20H19N5O4S/c1-28-16-9-8-14(12-21)11-17(16)29-19-18(25(26)27)15(23-20(30-2)24(19)22)10-13-6-4-3-5-7-13/h3-9,11,20H,10,22H2,1-2H3. The SMILES string of the molecule is COc1ccc(C#N)cc1OC1=C([N+](=O)[O-])C(Cc2ccccc2)=NC(SC)N1N. The monoisotopic (exact) mass is 425 g/mol. The van der Waals surface area contributed by atoms with E-state index in [2.05, 4.69) is 4.99 Å². The van der Waals surface area contributed by atoms with Crippen LogP contribution in [-0.4, -0.2) is 34.5 Å². The van der Waals surface area contributed by atoms with E-state index in [1.807, 2.05) is 36.4 Å². The summed E-state index contributed by atoms with van der Waals surface area (Å²) >= 11 is 1.31. The number of nitro groups is 1. The number of nitrogens with two attached hydrogens (primary N) is 1. The van der Waals surface area contributed by atoms with E-state index in [-0.39, 0.29) is 29.5 Å². The zero-order valence-corrected chi connectivity index (χ0v) is 17.1. The van der Waals surface area contributed by atoms with Crippen molar-refractivity contribution in [2.24, 2.45) is 10.8 Å². The fourth-order valence-electron chi connectivity index (χ4n) is 2.90. The third-order valence-electron chi connectivity index (χ3n) is 4.32. The number of ether oxygens (including phenoxy) is 2. The molecule has 2 aromatic carbocycles. The van der Waals surface area contributed by atoms with Crippen molar-refractivity contribution in [1.29, 1.82) is 5.26 Å². The van der Waals surface area contributed by atoms with Crippen molar-refractivity contribution >= 4 is 17.5 Å². The molecular formula is C20H19N5O4S. The quantitative estimate of drug-likeness (QED) is 0.407. The van der Waals surface area contributed by atoms with Gasteiger partial charge in [-0.25, -0.2) is 15.8 Å². The fraction of sp³-hybridized carbons (Fsp3) is 0.200. The van der Waals surface area contributed by atoms with Crippen LogP contribution in [0, 0.1) is 21.4 Å². The predicted molar refractivity (Wildman–Crippen MR) is 113 cm³/mol. The number of nitriles is 1. The second-order valence-electron chi connectivity index (χ2n) is 6.20. The lowest BCUT2D eigenvalue weighted by atomic mass is 10.1. The van der Waals surface area contributed by atoms with Crippen LogP contribution < -0.4 is 15.3 Å². The maximum absolute atomic E-state index is 12.0. The molecule has 2 N–H and O–H groups in total. The third kappa shape index (κ3) is 4.37. The van der Waals surface area contributed by atoms with Crippen molar-refractivity contribution in [3.8, 4) is 17.6 Å². The molecule has 0 saturated carbocycles. The Morgan fingerprint density at radius 1 is 1.30 bits per heavy atom. The van der Waals surface area contributed by atoms with Gasteiger partial charge < -0.3 is 9.47 Å². The van der Waals surface area contributed by atoms with E-state index in [0.717, 1.165) is 10.6 Å². The summed E-state index contributed by atoms with van der Waals surface area (Å²) < 4.78 is 11.1. The van der Waals surface area contributed by atoms with E-state index >= 15 is 0 Å². The molecule has 154 valence electrons. The fourth-order valence-corrected chi connectivity index (χ4v) is 3.46. The average Bonchev–Trinajstić information content (AvgIpc) is 2.76. The summed E-state index contributed by atoms with van der Waals surface area (Å²) in [5.74, 6) is 6.42. The number of hydrogen-bond donors (Lipinski definition) is 1. The molecule has 1 unspecified atom stereocenters. The molecule has 0 spiro atoms. The second-order valence-corrected chi connectivity index (χ2v) is 7.09. The lowest BCUT2D eigenvalue weighted by molar-refractivity contribution is -0.419. The Hall–Kier alpha value is -3.55. The van der Waals surface area contributed by atoms with Crippen LogP contribution in [0.2, 0.25) is 0 Å². The molecular weight excluding hydrogens is 406 g/mol. The van der Waals surface area contributed by atoms with Crippen molar-refractivity contribution in [3.63, 3.8) is 0 Å². The van der Waals surface area contributed by atoms with Gasteiger partial charge in [-0.15, -0.1) is 11.8 Å². The van der Waals surface area contributed by atoms with Crippen molar-refractivity contribution < 1.29 is 14.4 Å². The topological polar surface area (TPSA) is 127 Å². The molecule has 1 atom stereocenters. The van der Waals surface area contributed by atoms with Crippen LogP contribution in [0.1, 0.15) is 11.1 Å². The number of rotatable bonds is 7. The summed E-state index contributed by atoms with van der Waals surface area (Å²) in [4.78, 5) is 15.9. The molecule has 0 aliphatic carbocycles. The minimum Gasteiger partial charge on any atom is -0.493 e. The molecule has 0 amide bonds. The first-order chi connectivity index (χ1) is 14.5. The van der Waals surface area contributed by atoms with E-state index in [1.54, 1.807) is 18.4 Å². The minimum absolute atomic E-state index is 0.141. The number of nitrogens with zero attached hydrogens (tertiary/aromatic N) is 4. The number of hydrogen-bond acceptors (Lipinski definition) is 9. The number of aliphatic imine (C=N–C) groups is 1. The van der Waals surface area contributed by atoms with Gasteiger partial charge >= 0.3 is 5.70 Å². The first kappa shape index (κ1) is 21.2. The zero-order chi connectivity index (χ0) is 21.7. The van der Waals surface area contributed by atoms with Crippen molar-refractivity contribution in [1.82, 2.24) is 5.01 Å². The zero-order valence-electron chi connectivity index (χ0n) is 16.3. The van der Waals surface area contributed by atoms with Crippen LogP contribution in [0.5, 0.6) is 11.5 Å². The molecule has 0 aromatic heterocycles. The highest BCUT2D eigenvalue weighted by Gasteiger charge is 2.38. The van der Waals surface area contributed by atoms with Gasteiger partial charge in [-0.1, -0.05) is 30.3 Å². The molecule has 1 aliphatic heterocycles. The molecule has 0 radical (unpaired) electrons. The second kappa shape index (κ2) is 9.30. The van der Waals surface area contributed by atoms with Crippen LogP contribution in [0.15, 0.2) is 65.1 Å². The van der Waals surface area contributed by atoms with E-state index in [9.17, 15) is 15.4 Å². The van der Waals surface area contributed by atoms with Crippen LogP contribution in [-0.2, 0) is 6.42 Å². The van der Waals surface area contributed by atoms with Gasteiger partial charge in [0.25, 0.3) is 5.88 Å². The highest BCUT2D eigenvalue weighted by Crippen LogP contribution is 2.34. The Morgan fingerprint density at radius 2 is 2.03 bits per heavy atom. The molecule has 1 heterocycles. The Balaban J connectivity index is 2.10. The Labute approximate surface area is 177 Å². The molecule has 1 aliphatic rings. The van der Waals surface area contributed by atoms with Crippen LogP contribution >= 0.6 is 11.8 Å². The molecule has 0 bridgehead atoms. The predicted octanol–water partition coefficient (Wildman–Crippen LogP) is 2.91. The molecule has 10 heteroatoms. The maximum Gasteiger partial charge on any atom is 0.351 e. The van der Waals surface area contributed by atoms with Gasteiger partial charge in [-0.2, -0.15) is 5.26 Å². The van der Waals surface area contributed by atoms with E-state index in [4.69, 9.17) is 15.3 Å². The van der Waals surface area contributed by atoms with E-state index < -0.39 is 10.4 Å². The van der Waals surface area contributed by atoms with Crippen molar-refractivity contribution in [3.05, 3.63) is 81.4 Å². The van der Waals surface area contributed by atoms with Gasteiger partial charge in [0, 0.05) is 12.5 Å².